The first-order chi connectivity index (χ1) is 11.1. The Kier molecular flexibility index (Phi) is 4.33. The van der Waals surface area contributed by atoms with Crippen molar-refractivity contribution in [3.63, 3.8) is 0 Å². The maximum atomic E-state index is 5.24. The first-order valence-corrected chi connectivity index (χ1v) is 8.11. The summed E-state index contributed by atoms with van der Waals surface area (Å²) < 4.78 is 5.24. The fraction of sp³-hybridized carbons (Fsp3) is 0.286. The highest BCUT2D eigenvalue weighted by Crippen LogP contribution is 2.28. The van der Waals surface area contributed by atoms with E-state index in [1.165, 1.54) is 16.5 Å². The molecule has 0 spiro atoms. The molecule has 118 valence electrons. The van der Waals surface area contributed by atoms with Gasteiger partial charge in [-0.2, -0.15) is 0 Å². The Balaban J connectivity index is 2.15. The van der Waals surface area contributed by atoms with Gasteiger partial charge in [0.2, 0.25) is 0 Å². The molecule has 0 radical (unpaired) electrons. The molecule has 0 N–H and O–H groups in total. The SMILES string of the molecule is COc1ccc(-c2cc(CC(C)C)c3cc(C)ccc3n2)cc1. The van der Waals surface area contributed by atoms with Crippen LogP contribution in [0.25, 0.3) is 22.2 Å². The predicted molar refractivity (Wildman–Crippen MR) is 97.0 cm³/mol. The molecule has 0 saturated heterocycles. The zero-order valence-corrected chi connectivity index (χ0v) is 14.3. The van der Waals surface area contributed by atoms with Crippen molar-refractivity contribution in [2.75, 3.05) is 7.11 Å². The summed E-state index contributed by atoms with van der Waals surface area (Å²) in [5, 5.41) is 1.27. The maximum Gasteiger partial charge on any atom is 0.118 e. The molecule has 0 aliphatic heterocycles. The van der Waals surface area contributed by atoms with Crippen molar-refractivity contribution < 1.29 is 4.74 Å². The lowest BCUT2D eigenvalue weighted by atomic mass is 9.96. The molecule has 3 rings (SSSR count). The molecule has 0 bridgehead atoms. The molecule has 2 nitrogen and oxygen atoms in total. The van der Waals surface area contributed by atoms with Crippen molar-refractivity contribution in [2.45, 2.75) is 27.2 Å². The summed E-state index contributed by atoms with van der Waals surface area (Å²) in [6.07, 6.45) is 1.06. The number of pyridine rings is 1. The zero-order valence-electron chi connectivity index (χ0n) is 14.3. The Bertz CT molecular complexity index is 819. The number of fused-ring (bicyclic) bond motifs is 1. The molecule has 3 aromatic rings. The topological polar surface area (TPSA) is 22.1 Å². The first-order valence-electron chi connectivity index (χ1n) is 8.11. The molecular formula is C21H23NO. The van der Waals surface area contributed by atoms with E-state index >= 15 is 0 Å². The van der Waals surface area contributed by atoms with Crippen molar-refractivity contribution in [3.8, 4) is 17.0 Å². The van der Waals surface area contributed by atoms with Crippen LogP contribution in [-0.4, -0.2) is 12.1 Å². The van der Waals surface area contributed by atoms with Gasteiger partial charge >= 0.3 is 0 Å². The van der Waals surface area contributed by atoms with Gasteiger partial charge in [0, 0.05) is 10.9 Å². The fourth-order valence-electron chi connectivity index (χ4n) is 2.93. The van der Waals surface area contributed by atoms with Crippen LogP contribution in [0.3, 0.4) is 0 Å². The van der Waals surface area contributed by atoms with Gasteiger partial charge in [0.05, 0.1) is 18.3 Å². The van der Waals surface area contributed by atoms with Gasteiger partial charge in [0.25, 0.3) is 0 Å². The Labute approximate surface area is 138 Å². The third-order valence-corrected chi connectivity index (χ3v) is 4.06. The molecule has 2 heteroatoms. The smallest absolute Gasteiger partial charge is 0.118 e. The Hall–Kier alpha value is -2.35. The van der Waals surface area contributed by atoms with E-state index in [-0.39, 0.29) is 0 Å². The van der Waals surface area contributed by atoms with Crippen LogP contribution in [0, 0.1) is 12.8 Å². The van der Waals surface area contributed by atoms with Gasteiger partial charge in [-0.15, -0.1) is 0 Å². The minimum atomic E-state index is 0.616. The van der Waals surface area contributed by atoms with Crippen LogP contribution in [0.2, 0.25) is 0 Å². The van der Waals surface area contributed by atoms with Crippen LogP contribution < -0.4 is 4.74 Å². The Morgan fingerprint density at radius 1 is 1.00 bits per heavy atom. The number of ether oxygens (including phenoxy) is 1. The second-order valence-electron chi connectivity index (χ2n) is 6.51. The number of aromatic nitrogens is 1. The minimum absolute atomic E-state index is 0.616. The van der Waals surface area contributed by atoms with Gasteiger partial charge < -0.3 is 4.74 Å². The van der Waals surface area contributed by atoms with Crippen molar-refractivity contribution >= 4 is 10.9 Å². The molecule has 0 fully saturated rings. The predicted octanol–water partition coefficient (Wildman–Crippen LogP) is 5.42. The lowest BCUT2D eigenvalue weighted by Gasteiger charge is -2.13. The number of nitrogens with zero attached hydrogens (tertiary/aromatic N) is 1. The van der Waals surface area contributed by atoms with Crippen molar-refractivity contribution in [2.24, 2.45) is 5.92 Å². The second-order valence-corrected chi connectivity index (χ2v) is 6.51. The molecule has 0 atom stereocenters. The molecule has 23 heavy (non-hydrogen) atoms. The van der Waals surface area contributed by atoms with Crippen LogP contribution in [0.15, 0.2) is 48.5 Å². The van der Waals surface area contributed by atoms with E-state index in [0.29, 0.717) is 5.92 Å². The second kappa shape index (κ2) is 6.41. The number of methoxy groups -OCH3 is 1. The molecule has 2 aromatic carbocycles. The van der Waals surface area contributed by atoms with Gasteiger partial charge in [-0.3, -0.25) is 0 Å². The third kappa shape index (κ3) is 3.37. The van der Waals surface area contributed by atoms with E-state index < -0.39 is 0 Å². The highest BCUT2D eigenvalue weighted by atomic mass is 16.5. The summed E-state index contributed by atoms with van der Waals surface area (Å²) in [6.45, 7) is 6.65. The molecule has 0 aliphatic rings. The number of rotatable bonds is 4. The maximum absolute atomic E-state index is 5.24. The van der Waals surface area contributed by atoms with E-state index in [1.807, 2.05) is 12.1 Å². The fourth-order valence-corrected chi connectivity index (χ4v) is 2.93. The van der Waals surface area contributed by atoms with E-state index in [9.17, 15) is 0 Å². The molecule has 0 aliphatic carbocycles. The first kappa shape index (κ1) is 15.5. The average Bonchev–Trinajstić information content (AvgIpc) is 2.54. The van der Waals surface area contributed by atoms with Gasteiger partial charge in [-0.1, -0.05) is 25.5 Å². The van der Waals surface area contributed by atoms with Crippen LogP contribution in [-0.2, 0) is 6.42 Å². The number of hydrogen-bond donors (Lipinski definition) is 0. The van der Waals surface area contributed by atoms with Crippen LogP contribution in [0.5, 0.6) is 5.75 Å². The van der Waals surface area contributed by atoms with Gasteiger partial charge in [0.15, 0.2) is 0 Å². The van der Waals surface area contributed by atoms with Crippen LogP contribution >= 0.6 is 0 Å². The molecular weight excluding hydrogens is 282 g/mol. The normalized spacial score (nSPS) is 11.2. The van der Waals surface area contributed by atoms with Crippen molar-refractivity contribution in [1.29, 1.82) is 0 Å². The monoisotopic (exact) mass is 305 g/mol. The Morgan fingerprint density at radius 2 is 1.74 bits per heavy atom. The summed E-state index contributed by atoms with van der Waals surface area (Å²) in [7, 11) is 1.69. The lowest BCUT2D eigenvalue weighted by Crippen LogP contribution is -1.98. The van der Waals surface area contributed by atoms with Crippen molar-refractivity contribution in [1.82, 2.24) is 4.98 Å². The molecule has 1 heterocycles. The molecule has 1 aromatic heterocycles. The largest absolute Gasteiger partial charge is 0.497 e. The van der Waals surface area contributed by atoms with E-state index in [0.717, 1.165) is 28.9 Å². The van der Waals surface area contributed by atoms with E-state index in [4.69, 9.17) is 9.72 Å². The van der Waals surface area contributed by atoms with Crippen molar-refractivity contribution in [3.05, 3.63) is 59.7 Å². The molecule has 0 amide bonds. The standard InChI is InChI=1S/C21H23NO/c1-14(2)11-17-13-21(16-6-8-18(23-4)9-7-16)22-20-10-5-15(3)12-19(17)20/h5-10,12-14H,11H2,1-4H3. The Morgan fingerprint density at radius 3 is 2.39 bits per heavy atom. The van der Waals surface area contributed by atoms with Gasteiger partial charge in [0.1, 0.15) is 5.75 Å². The summed E-state index contributed by atoms with van der Waals surface area (Å²) in [4.78, 5) is 4.87. The summed E-state index contributed by atoms with van der Waals surface area (Å²) in [5.41, 5.74) is 5.87. The highest BCUT2D eigenvalue weighted by molar-refractivity contribution is 5.86. The molecule has 0 unspecified atom stereocenters. The van der Waals surface area contributed by atoms with E-state index in [2.05, 4.69) is 57.2 Å². The minimum Gasteiger partial charge on any atom is -0.497 e. The highest BCUT2D eigenvalue weighted by Gasteiger charge is 2.09. The number of aryl methyl sites for hydroxylation is 1. The van der Waals surface area contributed by atoms with Gasteiger partial charge in [-0.25, -0.2) is 4.98 Å². The van der Waals surface area contributed by atoms with Gasteiger partial charge in [-0.05, 0) is 67.3 Å². The number of hydrogen-bond acceptors (Lipinski definition) is 2. The van der Waals surface area contributed by atoms with Crippen LogP contribution in [0.1, 0.15) is 25.0 Å². The number of benzene rings is 2. The average molecular weight is 305 g/mol. The lowest BCUT2D eigenvalue weighted by molar-refractivity contribution is 0.415. The third-order valence-electron chi connectivity index (χ3n) is 4.06. The quantitative estimate of drug-likeness (QED) is 0.642. The summed E-state index contributed by atoms with van der Waals surface area (Å²) in [5.74, 6) is 1.48. The van der Waals surface area contributed by atoms with Crippen LogP contribution in [0.4, 0.5) is 0 Å². The zero-order chi connectivity index (χ0) is 16.4. The van der Waals surface area contributed by atoms with E-state index in [1.54, 1.807) is 7.11 Å². The summed E-state index contributed by atoms with van der Waals surface area (Å²) >= 11 is 0. The molecule has 0 saturated carbocycles. The summed E-state index contributed by atoms with van der Waals surface area (Å²) in [6, 6.07) is 16.9.